The number of amides is 1. The Labute approximate surface area is 202 Å². The van der Waals surface area contributed by atoms with Crippen LogP contribution in [0, 0.1) is 0 Å². The number of carbonyl (C=O) groups excluding carboxylic acids is 1. The molecule has 0 saturated heterocycles. The van der Waals surface area contributed by atoms with Gasteiger partial charge in [-0.2, -0.15) is 3.97 Å². The number of hydrogen-bond acceptors (Lipinski definition) is 8. The van der Waals surface area contributed by atoms with Gasteiger partial charge in [0.1, 0.15) is 24.0 Å². The molecule has 0 bridgehead atoms. The second kappa shape index (κ2) is 10.2. The number of benzene rings is 2. The van der Waals surface area contributed by atoms with Crippen molar-refractivity contribution < 1.29 is 27.5 Å². The topological polar surface area (TPSA) is 154 Å². The molecule has 11 heteroatoms. The quantitative estimate of drug-likeness (QED) is 0.397. The molecule has 2 aromatic carbocycles. The minimum atomic E-state index is -3.84. The zero-order chi connectivity index (χ0) is 25.2. The second-order valence-corrected chi connectivity index (χ2v) is 10.8. The Morgan fingerprint density at radius 1 is 1.20 bits per heavy atom. The van der Waals surface area contributed by atoms with Gasteiger partial charge in [-0.3, -0.25) is 4.79 Å². The van der Waals surface area contributed by atoms with Crippen molar-refractivity contribution in [1.29, 1.82) is 0 Å². The maximum Gasteiger partial charge on any atom is 0.434 e. The van der Waals surface area contributed by atoms with Gasteiger partial charge in [0.2, 0.25) is 15.9 Å². The molecular weight excluding hydrogens is 474 g/mol. The van der Waals surface area contributed by atoms with Crippen LogP contribution >= 0.6 is 0 Å². The van der Waals surface area contributed by atoms with E-state index in [9.17, 15) is 23.1 Å². The summed E-state index contributed by atoms with van der Waals surface area (Å²) in [6.45, 7) is 0.353. The molecule has 1 aliphatic rings. The normalized spacial score (nSPS) is 19.5. The summed E-state index contributed by atoms with van der Waals surface area (Å²) in [5.74, 6) is -0.660. The van der Waals surface area contributed by atoms with E-state index in [1.54, 1.807) is 18.2 Å². The predicted octanol–water partition coefficient (Wildman–Crippen LogP) is 1.56. The first-order chi connectivity index (χ1) is 16.6. The second-order valence-electron chi connectivity index (χ2n) is 8.93. The molecule has 3 aromatic rings. The van der Waals surface area contributed by atoms with Crippen molar-refractivity contribution in [2.75, 3.05) is 19.4 Å². The predicted molar refractivity (Wildman–Crippen MR) is 130 cm³/mol. The summed E-state index contributed by atoms with van der Waals surface area (Å²) in [5, 5.41) is 13.7. The Hall–Kier alpha value is -3.15. The summed E-state index contributed by atoms with van der Waals surface area (Å²) < 4.78 is 34.9. The lowest BCUT2D eigenvalue weighted by Gasteiger charge is -2.30. The van der Waals surface area contributed by atoms with Crippen LogP contribution < -0.4 is 21.5 Å². The van der Waals surface area contributed by atoms with Crippen LogP contribution in [0.5, 0.6) is 5.75 Å². The highest BCUT2D eigenvalue weighted by atomic mass is 32.2. The molecule has 0 unspecified atom stereocenters. The number of aromatic nitrogens is 1. The number of aliphatic hydroxyl groups is 1. The lowest BCUT2D eigenvalue weighted by atomic mass is 9.81. The number of nitrogens with two attached hydrogens (primary N) is 1. The molecule has 1 amide bonds. The highest BCUT2D eigenvalue weighted by Crippen LogP contribution is 2.33. The van der Waals surface area contributed by atoms with Crippen molar-refractivity contribution in [3.05, 3.63) is 64.1 Å². The average molecular weight is 504 g/mol. The molecule has 188 valence electrons. The van der Waals surface area contributed by atoms with Crippen molar-refractivity contribution in [2.45, 2.75) is 43.7 Å². The van der Waals surface area contributed by atoms with E-state index in [1.807, 2.05) is 12.1 Å². The molecule has 1 atom stereocenters. The molecule has 0 aliphatic heterocycles. The molecule has 4 rings (SSSR count). The molecule has 1 aromatic heterocycles. The monoisotopic (exact) mass is 503 g/mol. The fraction of sp³-hybridized carbons (Fsp3) is 0.417. The van der Waals surface area contributed by atoms with E-state index in [0.717, 1.165) is 31.9 Å². The van der Waals surface area contributed by atoms with Crippen molar-refractivity contribution in [1.82, 2.24) is 9.29 Å². The summed E-state index contributed by atoms with van der Waals surface area (Å²) in [7, 11) is -3.84. The molecule has 1 aliphatic carbocycles. The largest absolute Gasteiger partial charge is 0.491 e. The van der Waals surface area contributed by atoms with Crippen LogP contribution in [-0.2, 0) is 10.0 Å². The van der Waals surface area contributed by atoms with E-state index in [-0.39, 0.29) is 23.7 Å². The van der Waals surface area contributed by atoms with E-state index in [2.05, 4.69) is 5.32 Å². The van der Waals surface area contributed by atoms with Crippen LogP contribution in [0.15, 0.2) is 51.7 Å². The lowest BCUT2D eigenvalue weighted by Crippen LogP contribution is -2.39. The number of hydrogen-bond donors (Lipinski definition) is 3. The zero-order valence-corrected chi connectivity index (χ0v) is 20.2. The van der Waals surface area contributed by atoms with E-state index in [4.69, 9.17) is 14.9 Å². The number of rotatable bonds is 9. The first-order valence-electron chi connectivity index (χ1n) is 11.4. The van der Waals surface area contributed by atoms with Crippen LogP contribution in [0.25, 0.3) is 11.1 Å². The zero-order valence-electron chi connectivity index (χ0n) is 19.3. The molecular formula is C24H29N3O7S. The molecule has 0 radical (unpaired) electrons. The summed E-state index contributed by atoms with van der Waals surface area (Å²) in [5.41, 5.74) is 7.24. The Morgan fingerprint density at radius 2 is 1.89 bits per heavy atom. The number of primary amides is 1. The summed E-state index contributed by atoms with van der Waals surface area (Å²) >= 11 is 0. The molecule has 4 N–H and O–H groups in total. The van der Waals surface area contributed by atoms with Gasteiger partial charge < -0.3 is 25.3 Å². The Balaban J connectivity index is 1.25. The minimum Gasteiger partial charge on any atom is -0.491 e. The highest BCUT2D eigenvalue weighted by Gasteiger charge is 2.23. The van der Waals surface area contributed by atoms with Crippen molar-refractivity contribution in [3.8, 4) is 5.75 Å². The minimum absolute atomic E-state index is 0.00101. The van der Waals surface area contributed by atoms with E-state index in [1.165, 1.54) is 17.7 Å². The molecule has 1 saturated carbocycles. The Bertz CT molecular complexity index is 1350. The maximum atomic E-state index is 11.9. The third-order valence-electron chi connectivity index (χ3n) is 6.32. The third-order valence-corrected chi connectivity index (χ3v) is 7.33. The number of fused-ring (bicyclic) bond motifs is 1. The van der Waals surface area contributed by atoms with Crippen LogP contribution in [0.2, 0.25) is 0 Å². The van der Waals surface area contributed by atoms with Crippen molar-refractivity contribution >= 4 is 27.0 Å². The average Bonchev–Trinajstić information content (AvgIpc) is 3.17. The molecule has 35 heavy (non-hydrogen) atoms. The van der Waals surface area contributed by atoms with Crippen LogP contribution in [0.4, 0.5) is 0 Å². The molecule has 1 fully saturated rings. The SMILES string of the molecule is CS(=O)(=O)n1c(=O)oc2ccc(OC[C@@H](O)CN[C@H]3CC[C@H](c4ccc(C(N)=O)cc4)CC3)cc21. The standard InChI is InChI=1S/C24H29N3O7S/c1-35(31,32)27-21-12-20(10-11-22(21)34-24(27)30)33-14-19(28)13-26-18-8-6-16(7-9-18)15-2-4-17(5-3-15)23(25)29/h2-5,10-12,16,18-19,26,28H,6-9,13-14H2,1H3,(H2,25,29)/t16-,18-,19-/m0/s1. The third kappa shape index (κ3) is 5.92. The summed E-state index contributed by atoms with van der Waals surface area (Å²) in [4.78, 5) is 23.1. The number of oxazole rings is 1. The number of carbonyl (C=O) groups is 1. The number of ether oxygens (including phenoxy) is 1. The smallest absolute Gasteiger partial charge is 0.434 e. The highest BCUT2D eigenvalue weighted by molar-refractivity contribution is 7.89. The van der Waals surface area contributed by atoms with Gasteiger partial charge in [-0.05, 0) is 61.4 Å². The van der Waals surface area contributed by atoms with Gasteiger partial charge in [-0.1, -0.05) is 12.1 Å². The van der Waals surface area contributed by atoms with Gasteiger partial charge in [-0.15, -0.1) is 0 Å². The van der Waals surface area contributed by atoms with Crippen LogP contribution in [-0.4, -0.2) is 55.0 Å². The van der Waals surface area contributed by atoms with Gasteiger partial charge in [0, 0.05) is 24.2 Å². The maximum absolute atomic E-state index is 11.9. The van der Waals surface area contributed by atoms with Gasteiger partial charge in [-0.25, -0.2) is 13.2 Å². The van der Waals surface area contributed by atoms with E-state index < -0.39 is 27.8 Å². The molecule has 1 heterocycles. The van der Waals surface area contributed by atoms with Gasteiger partial charge in [0.25, 0.3) is 0 Å². The van der Waals surface area contributed by atoms with Crippen LogP contribution in [0.3, 0.4) is 0 Å². The first-order valence-corrected chi connectivity index (χ1v) is 13.3. The van der Waals surface area contributed by atoms with Gasteiger partial charge >= 0.3 is 5.76 Å². The molecule has 10 nitrogen and oxygen atoms in total. The lowest BCUT2D eigenvalue weighted by molar-refractivity contribution is 0.0999. The Morgan fingerprint density at radius 3 is 2.51 bits per heavy atom. The molecule has 0 spiro atoms. The van der Waals surface area contributed by atoms with Crippen molar-refractivity contribution in [3.63, 3.8) is 0 Å². The summed E-state index contributed by atoms with van der Waals surface area (Å²) in [6, 6.07) is 12.2. The van der Waals surface area contributed by atoms with Crippen molar-refractivity contribution in [2.24, 2.45) is 5.73 Å². The first kappa shape index (κ1) is 25.0. The fourth-order valence-corrected chi connectivity index (χ4v) is 5.29. The van der Waals surface area contributed by atoms with E-state index in [0.29, 0.717) is 27.7 Å². The number of aliphatic hydroxyl groups excluding tert-OH is 1. The fourth-order valence-electron chi connectivity index (χ4n) is 4.48. The van der Waals surface area contributed by atoms with Gasteiger partial charge in [0.15, 0.2) is 5.58 Å². The summed E-state index contributed by atoms with van der Waals surface area (Å²) in [6.07, 6.45) is 4.09. The van der Waals surface area contributed by atoms with Crippen LogP contribution in [0.1, 0.15) is 47.5 Å². The number of nitrogens with zero attached hydrogens (tertiary/aromatic N) is 1. The van der Waals surface area contributed by atoms with E-state index >= 15 is 0 Å². The number of nitrogens with one attached hydrogen (secondary N) is 1. The van der Waals surface area contributed by atoms with Gasteiger partial charge in [0.05, 0.1) is 6.26 Å². The Kier molecular flexibility index (Phi) is 7.29.